The molecule has 0 bridgehead atoms. The van der Waals surface area contributed by atoms with Gasteiger partial charge < -0.3 is 4.90 Å². The second-order valence-corrected chi connectivity index (χ2v) is 6.04. The Morgan fingerprint density at radius 3 is 2.81 bits per heavy atom. The first-order valence-corrected chi connectivity index (χ1v) is 7.73. The molecular formula is C14H14N4OS2. The summed E-state index contributed by atoms with van der Waals surface area (Å²) in [6, 6.07) is 9.87. The molecular weight excluding hydrogens is 304 g/mol. The van der Waals surface area contributed by atoms with Crippen molar-refractivity contribution in [2.24, 2.45) is 5.10 Å². The Morgan fingerprint density at radius 1 is 1.52 bits per heavy atom. The van der Waals surface area contributed by atoms with Crippen molar-refractivity contribution in [3.8, 4) is 6.07 Å². The average Bonchev–Trinajstić information content (AvgIpc) is 2.82. The van der Waals surface area contributed by atoms with Crippen LogP contribution in [0.5, 0.6) is 0 Å². The minimum atomic E-state index is -0.0888. The summed E-state index contributed by atoms with van der Waals surface area (Å²) in [6.45, 7) is 0.692. The van der Waals surface area contributed by atoms with Crippen LogP contribution in [0.2, 0.25) is 0 Å². The van der Waals surface area contributed by atoms with E-state index in [-0.39, 0.29) is 5.91 Å². The summed E-state index contributed by atoms with van der Waals surface area (Å²) in [4.78, 5) is 13.5. The van der Waals surface area contributed by atoms with Gasteiger partial charge in [0.25, 0.3) is 5.91 Å². The summed E-state index contributed by atoms with van der Waals surface area (Å²) in [5.41, 5.74) is 1.92. The lowest BCUT2D eigenvalue weighted by Gasteiger charge is -2.17. The molecule has 0 aliphatic carbocycles. The standard InChI is InChI=1S/C14H14N4OS2/c1-17(8-2-7-15)12-5-3-11(4-6-12)9-16-18-13(19)10-21-14(18)20/h3-6,9H,2,8,10H2,1H3. The van der Waals surface area contributed by atoms with Gasteiger partial charge in [-0.15, -0.1) is 0 Å². The SMILES string of the molecule is CN(CCC#N)c1ccc(C=NN2C(=O)CSC2=S)cc1. The first-order chi connectivity index (χ1) is 10.1. The van der Waals surface area contributed by atoms with E-state index in [4.69, 9.17) is 17.5 Å². The third-order valence-corrected chi connectivity index (χ3v) is 4.28. The maximum absolute atomic E-state index is 11.5. The first-order valence-electron chi connectivity index (χ1n) is 6.33. The molecule has 0 N–H and O–H groups in total. The Hall–Kier alpha value is -1.91. The van der Waals surface area contributed by atoms with Crippen molar-refractivity contribution in [1.82, 2.24) is 5.01 Å². The summed E-state index contributed by atoms with van der Waals surface area (Å²) in [5, 5.41) is 14.0. The number of hydrogen-bond donors (Lipinski definition) is 0. The number of benzene rings is 1. The highest BCUT2D eigenvalue weighted by molar-refractivity contribution is 8.23. The largest absolute Gasteiger partial charge is 0.374 e. The summed E-state index contributed by atoms with van der Waals surface area (Å²) in [7, 11) is 1.94. The second kappa shape index (κ2) is 7.20. The van der Waals surface area contributed by atoms with Crippen LogP contribution in [0.15, 0.2) is 29.4 Å². The lowest BCUT2D eigenvalue weighted by molar-refractivity contribution is -0.123. The number of thioether (sulfide) groups is 1. The van der Waals surface area contributed by atoms with Crippen LogP contribution >= 0.6 is 24.0 Å². The zero-order chi connectivity index (χ0) is 15.2. The van der Waals surface area contributed by atoms with Gasteiger partial charge in [0.2, 0.25) is 0 Å². The highest BCUT2D eigenvalue weighted by Gasteiger charge is 2.25. The molecule has 1 saturated heterocycles. The van der Waals surface area contributed by atoms with E-state index in [1.54, 1.807) is 6.21 Å². The van der Waals surface area contributed by atoms with E-state index in [1.807, 2.05) is 36.2 Å². The number of rotatable bonds is 5. The van der Waals surface area contributed by atoms with Crippen LogP contribution in [0.4, 0.5) is 5.69 Å². The van der Waals surface area contributed by atoms with Crippen LogP contribution in [0, 0.1) is 11.3 Å². The number of anilines is 1. The molecule has 1 amide bonds. The fourth-order valence-corrected chi connectivity index (χ4v) is 2.71. The van der Waals surface area contributed by atoms with Crippen molar-refractivity contribution in [1.29, 1.82) is 5.26 Å². The number of carbonyl (C=O) groups is 1. The molecule has 108 valence electrons. The minimum Gasteiger partial charge on any atom is -0.374 e. The van der Waals surface area contributed by atoms with Crippen molar-refractivity contribution < 1.29 is 4.79 Å². The number of amides is 1. The zero-order valence-corrected chi connectivity index (χ0v) is 13.2. The van der Waals surface area contributed by atoms with Crippen LogP contribution in [-0.2, 0) is 4.79 Å². The number of nitriles is 1. The third kappa shape index (κ3) is 4.03. The topological polar surface area (TPSA) is 59.7 Å². The molecule has 21 heavy (non-hydrogen) atoms. The second-order valence-electron chi connectivity index (χ2n) is 4.43. The number of carbonyl (C=O) groups excluding carboxylic acids is 1. The van der Waals surface area contributed by atoms with E-state index < -0.39 is 0 Å². The van der Waals surface area contributed by atoms with Gasteiger partial charge in [0.05, 0.1) is 24.5 Å². The Bertz CT molecular complexity index is 590. The van der Waals surface area contributed by atoms with E-state index in [0.29, 0.717) is 23.0 Å². The Labute approximate surface area is 133 Å². The van der Waals surface area contributed by atoms with Crippen molar-refractivity contribution in [2.45, 2.75) is 6.42 Å². The van der Waals surface area contributed by atoms with E-state index in [1.165, 1.54) is 16.8 Å². The van der Waals surface area contributed by atoms with Crippen molar-refractivity contribution in [3.63, 3.8) is 0 Å². The van der Waals surface area contributed by atoms with Crippen molar-refractivity contribution >= 4 is 46.1 Å². The van der Waals surface area contributed by atoms with Gasteiger partial charge in [0, 0.05) is 19.3 Å². The number of hydrazone groups is 1. The Morgan fingerprint density at radius 2 is 2.24 bits per heavy atom. The predicted octanol–water partition coefficient (Wildman–Crippen LogP) is 2.23. The first kappa shape index (κ1) is 15.5. The van der Waals surface area contributed by atoms with E-state index in [2.05, 4.69) is 11.2 Å². The molecule has 0 aromatic heterocycles. The molecule has 1 aliphatic rings. The Kier molecular flexibility index (Phi) is 5.31. The summed E-state index contributed by atoms with van der Waals surface area (Å²) < 4.78 is 0.490. The smallest absolute Gasteiger partial charge is 0.259 e. The number of thiocarbonyl (C=S) groups is 1. The lowest BCUT2D eigenvalue weighted by Crippen LogP contribution is -2.22. The van der Waals surface area contributed by atoms with Gasteiger partial charge in [0.1, 0.15) is 0 Å². The molecule has 5 nitrogen and oxygen atoms in total. The molecule has 1 fully saturated rings. The van der Waals surface area contributed by atoms with Gasteiger partial charge >= 0.3 is 0 Å². The predicted molar refractivity (Wildman–Crippen MR) is 89.4 cm³/mol. The van der Waals surface area contributed by atoms with Crippen LogP contribution in [0.1, 0.15) is 12.0 Å². The quantitative estimate of drug-likeness (QED) is 0.615. The zero-order valence-electron chi connectivity index (χ0n) is 11.5. The van der Waals surface area contributed by atoms with Gasteiger partial charge in [0.15, 0.2) is 4.32 Å². The van der Waals surface area contributed by atoms with Crippen LogP contribution < -0.4 is 4.90 Å². The van der Waals surface area contributed by atoms with E-state index in [9.17, 15) is 4.79 Å². The minimum absolute atomic E-state index is 0.0888. The summed E-state index contributed by atoms with van der Waals surface area (Å²) in [5.74, 6) is 0.271. The summed E-state index contributed by atoms with van der Waals surface area (Å²) >= 11 is 6.37. The molecule has 1 aromatic rings. The lowest BCUT2D eigenvalue weighted by atomic mass is 10.2. The van der Waals surface area contributed by atoms with Gasteiger partial charge in [-0.25, -0.2) is 0 Å². The number of hydrogen-bond acceptors (Lipinski definition) is 6. The van der Waals surface area contributed by atoms with Gasteiger partial charge in [-0.3, -0.25) is 4.79 Å². The molecule has 0 spiro atoms. The number of nitrogens with zero attached hydrogens (tertiary/aromatic N) is 4. The van der Waals surface area contributed by atoms with Crippen LogP contribution in [-0.4, -0.2) is 40.8 Å². The maximum atomic E-state index is 11.5. The third-order valence-electron chi connectivity index (χ3n) is 2.94. The average molecular weight is 318 g/mol. The van der Waals surface area contributed by atoms with Gasteiger partial charge in [-0.2, -0.15) is 15.4 Å². The van der Waals surface area contributed by atoms with Crippen molar-refractivity contribution in [2.75, 3.05) is 24.2 Å². The van der Waals surface area contributed by atoms with Crippen LogP contribution in [0.3, 0.4) is 0 Å². The molecule has 7 heteroatoms. The fourth-order valence-electron chi connectivity index (χ4n) is 1.75. The molecule has 0 radical (unpaired) electrons. The monoisotopic (exact) mass is 318 g/mol. The molecule has 1 heterocycles. The highest BCUT2D eigenvalue weighted by Crippen LogP contribution is 2.19. The Balaban J connectivity index is 2.01. The molecule has 0 unspecified atom stereocenters. The molecule has 1 aromatic carbocycles. The van der Waals surface area contributed by atoms with Crippen molar-refractivity contribution in [3.05, 3.63) is 29.8 Å². The van der Waals surface area contributed by atoms with Gasteiger partial charge in [-0.05, 0) is 17.7 Å². The molecule has 2 rings (SSSR count). The normalized spacial score (nSPS) is 14.8. The molecule has 0 atom stereocenters. The molecule has 0 saturated carbocycles. The maximum Gasteiger partial charge on any atom is 0.259 e. The van der Waals surface area contributed by atoms with Crippen LogP contribution in [0.25, 0.3) is 0 Å². The van der Waals surface area contributed by atoms with E-state index in [0.717, 1.165) is 11.3 Å². The fraction of sp³-hybridized carbons (Fsp3) is 0.286. The molecule has 1 aliphatic heterocycles. The van der Waals surface area contributed by atoms with Gasteiger partial charge in [-0.1, -0.05) is 36.1 Å². The summed E-state index contributed by atoms with van der Waals surface area (Å²) in [6.07, 6.45) is 2.11. The highest BCUT2D eigenvalue weighted by atomic mass is 32.2. The van der Waals surface area contributed by atoms with E-state index >= 15 is 0 Å².